The Labute approximate surface area is 183 Å². The van der Waals surface area contributed by atoms with E-state index in [1.54, 1.807) is 12.1 Å². The van der Waals surface area contributed by atoms with Gasteiger partial charge in [-0.1, -0.05) is 31.5 Å². The van der Waals surface area contributed by atoms with E-state index in [1.807, 2.05) is 60.7 Å². The fourth-order valence-corrected chi connectivity index (χ4v) is 3.44. The highest BCUT2D eigenvalue weighted by Crippen LogP contribution is 2.33. The Morgan fingerprint density at radius 3 is 2.55 bits per heavy atom. The molecular weight excluding hydrogens is 390 g/mol. The third-order valence-corrected chi connectivity index (χ3v) is 5.13. The van der Waals surface area contributed by atoms with E-state index in [-0.39, 0.29) is 12.0 Å². The summed E-state index contributed by atoms with van der Waals surface area (Å²) >= 11 is 0. The van der Waals surface area contributed by atoms with Gasteiger partial charge in [-0.05, 0) is 61.0 Å². The van der Waals surface area contributed by atoms with Crippen LogP contribution in [0.3, 0.4) is 0 Å². The van der Waals surface area contributed by atoms with Gasteiger partial charge in [-0.15, -0.1) is 0 Å². The zero-order valence-electron chi connectivity index (χ0n) is 17.7. The van der Waals surface area contributed by atoms with Crippen molar-refractivity contribution >= 4 is 5.91 Å². The molecule has 0 unspecified atom stereocenters. The van der Waals surface area contributed by atoms with Crippen molar-refractivity contribution in [3.63, 3.8) is 0 Å². The Balaban J connectivity index is 1.27. The largest absolute Gasteiger partial charge is 0.494 e. The van der Waals surface area contributed by atoms with E-state index in [2.05, 4.69) is 12.2 Å². The molecule has 160 valence electrons. The van der Waals surface area contributed by atoms with Crippen molar-refractivity contribution in [3.8, 4) is 23.0 Å². The molecule has 31 heavy (non-hydrogen) atoms. The van der Waals surface area contributed by atoms with Crippen LogP contribution >= 0.6 is 0 Å². The van der Waals surface area contributed by atoms with E-state index in [9.17, 15) is 4.79 Å². The number of benzene rings is 3. The number of hydrogen-bond acceptors (Lipinski definition) is 4. The summed E-state index contributed by atoms with van der Waals surface area (Å²) in [5.41, 5.74) is 1.69. The summed E-state index contributed by atoms with van der Waals surface area (Å²) in [5.74, 6) is 3.08. The number of carbonyl (C=O) groups is 1. The summed E-state index contributed by atoms with van der Waals surface area (Å²) in [4.78, 5) is 12.5. The first-order chi connectivity index (χ1) is 15.2. The van der Waals surface area contributed by atoms with Crippen molar-refractivity contribution in [2.24, 2.45) is 0 Å². The van der Waals surface area contributed by atoms with Gasteiger partial charge >= 0.3 is 0 Å². The van der Waals surface area contributed by atoms with Gasteiger partial charge in [0.2, 0.25) is 0 Å². The highest BCUT2D eigenvalue weighted by molar-refractivity contribution is 5.94. The van der Waals surface area contributed by atoms with Crippen LogP contribution in [0.1, 0.15) is 35.7 Å². The van der Waals surface area contributed by atoms with Gasteiger partial charge in [-0.25, -0.2) is 0 Å². The maximum absolute atomic E-state index is 12.5. The molecule has 0 spiro atoms. The number of fused-ring (bicyclic) bond motifs is 1. The molecule has 1 atom stereocenters. The van der Waals surface area contributed by atoms with Crippen molar-refractivity contribution in [1.82, 2.24) is 5.32 Å². The molecule has 0 radical (unpaired) electrons. The molecule has 0 aliphatic carbocycles. The summed E-state index contributed by atoms with van der Waals surface area (Å²) in [6, 6.07) is 22.7. The number of rotatable bonds is 9. The third kappa shape index (κ3) is 5.57. The van der Waals surface area contributed by atoms with E-state index >= 15 is 0 Å². The molecule has 1 aliphatic heterocycles. The summed E-state index contributed by atoms with van der Waals surface area (Å²) in [5, 5.41) is 2.97. The maximum Gasteiger partial charge on any atom is 0.251 e. The fourth-order valence-electron chi connectivity index (χ4n) is 3.44. The highest BCUT2D eigenvalue weighted by Gasteiger charge is 2.24. The van der Waals surface area contributed by atoms with Gasteiger partial charge in [0.1, 0.15) is 29.1 Å². The molecule has 1 aliphatic rings. The van der Waals surface area contributed by atoms with Gasteiger partial charge in [-0.2, -0.15) is 0 Å². The molecule has 0 saturated carbocycles. The van der Waals surface area contributed by atoms with E-state index in [4.69, 9.17) is 14.2 Å². The number of nitrogens with one attached hydrogen (secondary N) is 1. The number of ether oxygens (including phenoxy) is 3. The molecule has 1 heterocycles. The van der Waals surface area contributed by atoms with Gasteiger partial charge in [0.05, 0.1) is 13.2 Å². The number of hydrogen-bond donors (Lipinski definition) is 1. The SMILES string of the molecule is CCCCOc1ccc(C(=O)NC[C@@H]2Cc3cc(Oc4ccccc4)ccc3O2)cc1. The molecule has 1 amide bonds. The van der Waals surface area contributed by atoms with Crippen LogP contribution in [0.15, 0.2) is 72.8 Å². The van der Waals surface area contributed by atoms with E-state index in [1.165, 1.54) is 0 Å². The average Bonchev–Trinajstić information content (AvgIpc) is 3.21. The predicted molar refractivity (Wildman–Crippen MR) is 120 cm³/mol. The van der Waals surface area contributed by atoms with E-state index in [0.717, 1.165) is 47.8 Å². The van der Waals surface area contributed by atoms with Crippen molar-refractivity contribution in [2.45, 2.75) is 32.3 Å². The average molecular weight is 418 g/mol. The maximum atomic E-state index is 12.5. The lowest BCUT2D eigenvalue weighted by atomic mass is 10.1. The van der Waals surface area contributed by atoms with Gasteiger partial charge in [0.25, 0.3) is 5.91 Å². The van der Waals surface area contributed by atoms with Crippen LogP contribution in [0.2, 0.25) is 0 Å². The summed E-state index contributed by atoms with van der Waals surface area (Å²) in [7, 11) is 0. The van der Waals surface area contributed by atoms with Gasteiger partial charge < -0.3 is 19.5 Å². The smallest absolute Gasteiger partial charge is 0.251 e. The molecule has 4 rings (SSSR count). The minimum absolute atomic E-state index is 0.0948. The Morgan fingerprint density at radius 1 is 1.00 bits per heavy atom. The zero-order valence-corrected chi connectivity index (χ0v) is 17.7. The number of unbranched alkanes of at least 4 members (excludes halogenated alkanes) is 1. The van der Waals surface area contributed by atoms with Crippen LogP contribution in [-0.2, 0) is 6.42 Å². The first-order valence-electron chi connectivity index (χ1n) is 10.7. The molecule has 0 saturated heterocycles. The molecule has 3 aromatic carbocycles. The third-order valence-electron chi connectivity index (χ3n) is 5.13. The predicted octanol–water partition coefficient (Wildman–Crippen LogP) is 5.39. The molecule has 0 fully saturated rings. The molecular formula is C26H27NO4. The van der Waals surface area contributed by atoms with Crippen molar-refractivity contribution in [2.75, 3.05) is 13.2 Å². The number of amides is 1. The second-order valence-corrected chi connectivity index (χ2v) is 7.57. The van der Waals surface area contributed by atoms with Crippen LogP contribution in [0.5, 0.6) is 23.0 Å². The molecule has 0 aromatic heterocycles. The Hall–Kier alpha value is -3.47. The minimum Gasteiger partial charge on any atom is -0.494 e. The Morgan fingerprint density at radius 2 is 1.77 bits per heavy atom. The van der Waals surface area contributed by atoms with Crippen LogP contribution in [0, 0.1) is 0 Å². The summed E-state index contributed by atoms with van der Waals surface area (Å²) in [6.45, 7) is 3.26. The zero-order chi connectivity index (χ0) is 21.5. The van der Waals surface area contributed by atoms with Gasteiger partial charge in [-0.3, -0.25) is 4.79 Å². The van der Waals surface area contributed by atoms with Crippen LogP contribution in [0.25, 0.3) is 0 Å². The van der Waals surface area contributed by atoms with Crippen molar-refractivity contribution in [1.29, 1.82) is 0 Å². The van der Waals surface area contributed by atoms with Crippen LogP contribution in [-0.4, -0.2) is 25.2 Å². The van der Waals surface area contributed by atoms with Crippen LogP contribution < -0.4 is 19.5 Å². The number of para-hydroxylation sites is 1. The fraction of sp³-hybridized carbons (Fsp3) is 0.269. The van der Waals surface area contributed by atoms with Crippen molar-refractivity contribution in [3.05, 3.63) is 83.9 Å². The summed E-state index contributed by atoms with van der Waals surface area (Å²) in [6.07, 6.45) is 2.75. The molecule has 1 N–H and O–H groups in total. The quantitative estimate of drug-likeness (QED) is 0.474. The standard InChI is InChI=1S/C26H27NO4/c1-2-3-15-29-21-11-9-19(10-12-21)26(28)27-18-24-17-20-16-23(13-14-25(20)31-24)30-22-7-5-4-6-8-22/h4-14,16,24H,2-3,15,17-18H2,1H3,(H,27,28)/t24-/m0/s1. The first kappa shape index (κ1) is 20.8. The molecule has 3 aromatic rings. The highest BCUT2D eigenvalue weighted by atomic mass is 16.5. The van der Waals surface area contributed by atoms with Gasteiger partial charge in [0.15, 0.2) is 0 Å². The molecule has 5 heteroatoms. The van der Waals surface area contributed by atoms with Gasteiger partial charge in [0, 0.05) is 17.5 Å². The Kier molecular flexibility index (Phi) is 6.72. The lowest BCUT2D eigenvalue weighted by Gasteiger charge is -2.12. The normalized spacial score (nSPS) is 14.4. The Bertz CT molecular complexity index is 1000. The molecule has 5 nitrogen and oxygen atoms in total. The second-order valence-electron chi connectivity index (χ2n) is 7.57. The topological polar surface area (TPSA) is 56.8 Å². The first-order valence-corrected chi connectivity index (χ1v) is 10.7. The van der Waals surface area contributed by atoms with Crippen LogP contribution in [0.4, 0.5) is 0 Å². The summed E-state index contributed by atoms with van der Waals surface area (Å²) < 4.78 is 17.5. The van der Waals surface area contributed by atoms with E-state index in [0.29, 0.717) is 18.7 Å². The number of carbonyl (C=O) groups excluding carboxylic acids is 1. The van der Waals surface area contributed by atoms with E-state index < -0.39 is 0 Å². The van der Waals surface area contributed by atoms with Crippen molar-refractivity contribution < 1.29 is 19.0 Å². The second kappa shape index (κ2) is 10.0. The minimum atomic E-state index is -0.118. The lowest BCUT2D eigenvalue weighted by Crippen LogP contribution is -2.34. The monoisotopic (exact) mass is 417 g/mol. The molecule has 0 bridgehead atoms. The lowest BCUT2D eigenvalue weighted by molar-refractivity contribution is 0.0933.